The van der Waals surface area contributed by atoms with Crippen LogP contribution in [0.2, 0.25) is 0 Å². The predicted octanol–water partition coefficient (Wildman–Crippen LogP) is 1.72. The number of aromatic hydroxyl groups is 1. The van der Waals surface area contributed by atoms with E-state index in [1.54, 1.807) is 0 Å². The van der Waals surface area contributed by atoms with Gasteiger partial charge in [-0.15, -0.1) is 0 Å². The van der Waals surface area contributed by atoms with Crippen molar-refractivity contribution in [2.24, 2.45) is 5.73 Å². The van der Waals surface area contributed by atoms with Gasteiger partial charge in [-0.25, -0.2) is 0 Å². The van der Waals surface area contributed by atoms with Crippen LogP contribution in [0.4, 0.5) is 0 Å². The smallest absolute Gasteiger partial charge is 0.258 e. The van der Waals surface area contributed by atoms with Gasteiger partial charge in [-0.2, -0.15) is 4.98 Å². The second kappa shape index (κ2) is 4.72. The molecule has 4 N–H and O–H groups in total. The summed E-state index contributed by atoms with van der Waals surface area (Å²) in [6, 6.07) is 0. The molecule has 1 saturated carbocycles. The molecule has 0 unspecified atom stereocenters. The summed E-state index contributed by atoms with van der Waals surface area (Å²) in [6.45, 7) is 3.70. The number of hydrogen-bond acceptors (Lipinski definition) is 4. The number of nitrogens with two attached hydrogens (primary N) is 1. The van der Waals surface area contributed by atoms with Gasteiger partial charge in [0.2, 0.25) is 5.88 Å². The third-order valence-electron chi connectivity index (χ3n) is 3.73. The molecule has 18 heavy (non-hydrogen) atoms. The fourth-order valence-electron chi connectivity index (χ4n) is 2.65. The Bertz CT molecular complexity index is 487. The van der Waals surface area contributed by atoms with Crippen molar-refractivity contribution >= 4 is 0 Å². The van der Waals surface area contributed by atoms with E-state index in [0.29, 0.717) is 11.4 Å². The zero-order valence-electron chi connectivity index (χ0n) is 11.0. The lowest BCUT2D eigenvalue weighted by molar-refractivity contribution is 0.281. The van der Waals surface area contributed by atoms with E-state index in [2.05, 4.69) is 9.97 Å². The van der Waals surface area contributed by atoms with Crippen molar-refractivity contribution in [1.29, 1.82) is 0 Å². The minimum atomic E-state index is -0.593. The second-order valence-electron chi connectivity index (χ2n) is 5.52. The number of aromatic nitrogens is 2. The van der Waals surface area contributed by atoms with Crippen molar-refractivity contribution < 1.29 is 5.11 Å². The van der Waals surface area contributed by atoms with E-state index < -0.39 is 5.54 Å². The standard InChI is InChI=1S/C13H21N3O2/c1-8(2)9-10(17)15-12(16-11(9)18)13(14)6-4-3-5-7-13/h8H,3-7,14H2,1-2H3,(H2,15,16,17,18). The maximum atomic E-state index is 12.0. The molecule has 0 radical (unpaired) electrons. The molecule has 1 fully saturated rings. The summed E-state index contributed by atoms with van der Waals surface area (Å²) in [5.74, 6) is 0.184. The summed E-state index contributed by atoms with van der Waals surface area (Å²) >= 11 is 0. The highest BCUT2D eigenvalue weighted by molar-refractivity contribution is 5.27. The van der Waals surface area contributed by atoms with Gasteiger partial charge in [0.25, 0.3) is 5.56 Å². The molecule has 1 aliphatic rings. The first-order chi connectivity index (χ1) is 8.44. The van der Waals surface area contributed by atoms with Gasteiger partial charge in [-0.05, 0) is 18.8 Å². The molecule has 0 saturated heterocycles. The number of H-pyrrole nitrogens is 1. The van der Waals surface area contributed by atoms with Crippen LogP contribution in [-0.2, 0) is 5.54 Å². The Hall–Kier alpha value is -1.36. The summed E-state index contributed by atoms with van der Waals surface area (Å²) in [7, 11) is 0. The molecule has 2 rings (SSSR count). The molecule has 5 nitrogen and oxygen atoms in total. The largest absolute Gasteiger partial charge is 0.493 e. The molecule has 0 atom stereocenters. The van der Waals surface area contributed by atoms with Crippen LogP contribution < -0.4 is 11.3 Å². The van der Waals surface area contributed by atoms with Crippen molar-refractivity contribution in [1.82, 2.24) is 9.97 Å². The van der Waals surface area contributed by atoms with E-state index in [1.807, 2.05) is 13.8 Å². The highest BCUT2D eigenvalue weighted by atomic mass is 16.3. The van der Waals surface area contributed by atoms with Crippen molar-refractivity contribution in [2.45, 2.75) is 57.4 Å². The lowest BCUT2D eigenvalue weighted by Crippen LogP contribution is -2.42. The minimum absolute atomic E-state index is 0.0598. The van der Waals surface area contributed by atoms with E-state index in [0.717, 1.165) is 25.7 Å². The van der Waals surface area contributed by atoms with E-state index in [1.165, 1.54) is 6.42 Å². The molecule has 0 aromatic carbocycles. The van der Waals surface area contributed by atoms with Crippen molar-refractivity contribution in [3.63, 3.8) is 0 Å². The van der Waals surface area contributed by atoms with Gasteiger partial charge in [0, 0.05) is 0 Å². The molecule has 1 aromatic rings. The average molecular weight is 251 g/mol. The fourth-order valence-corrected chi connectivity index (χ4v) is 2.65. The zero-order chi connectivity index (χ0) is 13.3. The summed E-state index contributed by atoms with van der Waals surface area (Å²) in [6.07, 6.45) is 4.84. The molecule has 0 bridgehead atoms. The first kappa shape index (κ1) is 13.1. The van der Waals surface area contributed by atoms with Crippen molar-refractivity contribution in [2.75, 3.05) is 0 Å². The topological polar surface area (TPSA) is 92.0 Å². The van der Waals surface area contributed by atoms with Gasteiger partial charge in [-0.1, -0.05) is 33.1 Å². The predicted molar refractivity (Wildman–Crippen MR) is 69.6 cm³/mol. The number of nitrogens with zero attached hydrogens (tertiary/aromatic N) is 1. The van der Waals surface area contributed by atoms with Crippen LogP contribution in [-0.4, -0.2) is 15.1 Å². The molecule has 0 aliphatic heterocycles. The maximum Gasteiger partial charge on any atom is 0.258 e. The van der Waals surface area contributed by atoms with Crippen LogP contribution in [0.3, 0.4) is 0 Å². The fraction of sp³-hybridized carbons (Fsp3) is 0.692. The van der Waals surface area contributed by atoms with Crippen LogP contribution >= 0.6 is 0 Å². The van der Waals surface area contributed by atoms with Crippen LogP contribution in [0.5, 0.6) is 5.88 Å². The number of aromatic amines is 1. The molecule has 1 aromatic heterocycles. The van der Waals surface area contributed by atoms with Crippen LogP contribution in [0.1, 0.15) is 63.3 Å². The first-order valence-electron chi connectivity index (χ1n) is 6.56. The lowest BCUT2D eigenvalue weighted by Gasteiger charge is -2.32. The maximum absolute atomic E-state index is 12.0. The Morgan fingerprint density at radius 1 is 1.33 bits per heavy atom. The summed E-state index contributed by atoms with van der Waals surface area (Å²) in [4.78, 5) is 18.9. The number of nitrogens with one attached hydrogen (secondary N) is 1. The van der Waals surface area contributed by atoms with Gasteiger partial charge >= 0.3 is 0 Å². The van der Waals surface area contributed by atoms with Crippen molar-refractivity contribution in [3.05, 3.63) is 21.7 Å². The van der Waals surface area contributed by atoms with Gasteiger partial charge in [-0.3, -0.25) is 4.79 Å². The average Bonchev–Trinajstić information content (AvgIpc) is 2.28. The van der Waals surface area contributed by atoms with E-state index >= 15 is 0 Å². The molecule has 0 amide bonds. The molecule has 1 heterocycles. The Kier molecular flexibility index (Phi) is 3.43. The highest BCUT2D eigenvalue weighted by Crippen LogP contribution is 2.33. The third-order valence-corrected chi connectivity index (χ3v) is 3.73. The number of rotatable bonds is 2. The Morgan fingerprint density at radius 2 is 1.94 bits per heavy atom. The van der Waals surface area contributed by atoms with Crippen molar-refractivity contribution in [3.8, 4) is 5.88 Å². The Labute approximate surface area is 106 Å². The number of hydrogen-bond donors (Lipinski definition) is 3. The third kappa shape index (κ3) is 2.27. The molecule has 1 aliphatic carbocycles. The summed E-state index contributed by atoms with van der Waals surface area (Å²) in [5.41, 5.74) is 5.76. The molecular weight excluding hydrogens is 230 g/mol. The second-order valence-corrected chi connectivity index (χ2v) is 5.52. The molecule has 100 valence electrons. The summed E-state index contributed by atoms with van der Waals surface area (Å²) in [5, 5.41) is 9.90. The molecule has 0 spiro atoms. The van der Waals surface area contributed by atoms with E-state index in [4.69, 9.17) is 5.73 Å². The SMILES string of the molecule is CC(C)c1c(O)nc(C2(N)CCCCC2)[nH]c1=O. The van der Waals surface area contributed by atoms with Gasteiger partial charge in [0.1, 0.15) is 5.82 Å². The lowest BCUT2D eigenvalue weighted by atomic mass is 9.82. The van der Waals surface area contributed by atoms with Gasteiger partial charge < -0.3 is 15.8 Å². The minimum Gasteiger partial charge on any atom is -0.493 e. The van der Waals surface area contributed by atoms with Crippen LogP contribution in [0.15, 0.2) is 4.79 Å². The van der Waals surface area contributed by atoms with E-state index in [-0.39, 0.29) is 17.4 Å². The normalized spacial score (nSPS) is 19.1. The van der Waals surface area contributed by atoms with Crippen LogP contribution in [0, 0.1) is 0 Å². The quantitative estimate of drug-likeness (QED) is 0.746. The monoisotopic (exact) mass is 251 g/mol. The first-order valence-corrected chi connectivity index (χ1v) is 6.56. The summed E-state index contributed by atoms with van der Waals surface area (Å²) < 4.78 is 0. The van der Waals surface area contributed by atoms with Gasteiger partial charge in [0.15, 0.2) is 0 Å². The van der Waals surface area contributed by atoms with Gasteiger partial charge in [0.05, 0.1) is 11.1 Å². The highest BCUT2D eigenvalue weighted by Gasteiger charge is 2.33. The van der Waals surface area contributed by atoms with Crippen LogP contribution in [0.25, 0.3) is 0 Å². The zero-order valence-corrected chi connectivity index (χ0v) is 11.0. The Morgan fingerprint density at radius 3 is 2.44 bits per heavy atom. The van der Waals surface area contributed by atoms with E-state index in [9.17, 15) is 9.90 Å². The molecular formula is C13H21N3O2. The molecule has 5 heteroatoms. The Balaban J connectivity index is 2.44.